The molecule has 2 aromatic heterocycles. The third-order valence-corrected chi connectivity index (χ3v) is 4.49. The third kappa shape index (κ3) is 4.38. The van der Waals surface area contributed by atoms with Crippen molar-refractivity contribution in [3.63, 3.8) is 0 Å². The Kier molecular flexibility index (Phi) is 5.84. The van der Waals surface area contributed by atoms with Crippen molar-refractivity contribution < 1.29 is 14.7 Å². The molecule has 2 N–H and O–H groups in total. The summed E-state index contributed by atoms with van der Waals surface area (Å²) < 4.78 is 1.47. The summed E-state index contributed by atoms with van der Waals surface area (Å²) in [4.78, 5) is 29.0. The lowest BCUT2D eigenvalue weighted by atomic mass is 10.1. The largest absolute Gasteiger partial charge is 0.465 e. The highest BCUT2D eigenvalue weighted by Crippen LogP contribution is 2.27. The summed E-state index contributed by atoms with van der Waals surface area (Å²) in [5.41, 5.74) is 2.59. The van der Waals surface area contributed by atoms with Gasteiger partial charge in [-0.05, 0) is 29.7 Å². The molecule has 3 aromatic rings. The maximum absolute atomic E-state index is 12.0. The number of carboxylic acid groups (broad SMARTS) is 1. The third-order valence-electron chi connectivity index (χ3n) is 4.30. The molecule has 9 heteroatoms. The molecule has 0 bridgehead atoms. The molecule has 29 heavy (non-hydrogen) atoms. The second kappa shape index (κ2) is 8.32. The molecule has 150 valence electrons. The summed E-state index contributed by atoms with van der Waals surface area (Å²) in [7, 11) is 0. The SMILES string of the molecule is C=CC(=O)Nc1cccc(CN(C(=O)O)c2cc(Cl)nc3c(C(C)C)cnn23)c1. The van der Waals surface area contributed by atoms with Crippen LogP contribution in [0, 0.1) is 0 Å². The van der Waals surface area contributed by atoms with Crippen LogP contribution in [0.2, 0.25) is 5.15 Å². The summed E-state index contributed by atoms with van der Waals surface area (Å²) in [5, 5.41) is 17.0. The van der Waals surface area contributed by atoms with Crippen LogP contribution in [0.25, 0.3) is 5.65 Å². The lowest BCUT2D eigenvalue weighted by Gasteiger charge is -2.21. The number of anilines is 2. The lowest BCUT2D eigenvalue weighted by Crippen LogP contribution is -2.30. The van der Waals surface area contributed by atoms with Gasteiger partial charge in [-0.2, -0.15) is 9.61 Å². The molecular formula is C20H20ClN5O3. The number of rotatable bonds is 6. The quantitative estimate of drug-likeness (QED) is 0.463. The van der Waals surface area contributed by atoms with Crippen molar-refractivity contribution in [3.8, 4) is 0 Å². The number of carbonyl (C=O) groups excluding carboxylic acids is 1. The molecule has 3 rings (SSSR count). The van der Waals surface area contributed by atoms with E-state index in [0.717, 1.165) is 16.5 Å². The monoisotopic (exact) mass is 413 g/mol. The molecule has 0 aliphatic heterocycles. The van der Waals surface area contributed by atoms with E-state index in [1.807, 2.05) is 13.8 Å². The molecule has 0 fully saturated rings. The lowest BCUT2D eigenvalue weighted by molar-refractivity contribution is -0.111. The van der Waals surface area contributed by atoms with Gasteiger partial charge < -0.3 is 10.4 Å². The molecule has 0 atom stereocenters. The Morgan fingerprint density at radius 1 is 1.38 bits per heavy atom. The first-order valence-electron chi connectivity index (χ1n) is 8.87. The normalized spacial score (nSPS) is 10.9. The van der Waals surface area contributed by atoms with Gasteiger partial charge in [0, 0.05) is 17.3 Å². The van der Waals surface area contributed by atoms with Crippen LogP contribution >= 0.6 is 11.6 Å². The number of carbonyl (C=O) groups is 2. The fraction of sp³-hybridized carbons (Fsp3) is 0.200. The number of benzene rings is 1. The van der Waals surface area contributed by atoms with E-state index in [4.69, 9.17) is 11.6 Å². The molecule has 0 unspecified atom stereocenters. The van der Waals surface area contributed by atoms with Crippen molar-refractivity contribution in [2.45, 2.75) is 26.3 Å². The zero-order valence-electron chi connectivity index (χ0n) is 16.0. The van der Waals surface area contributed by atoms with Crippen molar-refractivity contribution in [3.05, 3.63) is 65.5 Å². The zero-order valence-corrected chi connectivity index (χ0v) is 16.7. The molecule has 0 radical (unpaired) electrons. The van der Waals surface area contributed by atoms with Crippen molar-refractivity contribution in [2.24, 2.45) is 0 Å². The van der Waals surface area contributed by atoms with Crippen LogP contribution in [0.5, 0.6) is 0 Å². The molecule has 0 spiro atoms. The minimum atomic E-state index is -1.17. The van der Waals surface area contributed by atoms with E-state index in [-0.39, 0.29) is 29.3 Å². The maximum atomic E-state index is 12.0. The van der Waals surface area contributed by atoms with Gasteiger partial charge in [-0.25, -0.2) is 9.78 Å². The molecule has 0 saturated heterocycles. The molecular weight excluding hydrogens is 394 g/mol. The Morgan fingerprint density at radius 2 is 2.14 bits per heavy atom. The van der Waals surface area contributed by atoms with Crippen molar-refractivity contribution in [2.75, 3.05) is 10.2 Å². The Morgan fingerprint density at radius 3 is 2.79 bits per heavy atom. The highest BCUT2D eigenvalue weighted by Gasteiger charge is 2.22. The fourth-order valence-electron chi connectivity index (χ4n) is 2.90. The highest BCUT2D eigenvalue weighted by atomic mass is 35.5. The van der Waals surface area contributed by atoms with Crippen LogP contribution in [0.15, 0.2) is 49.2 Å². The van der Waals surface area contributed by atoms with Crippen LogP contribution < -0.4 is 10.2 Å². The van der Waals surface area contributed by atoms with E-state index in [2.05, 4.69) is 22.0 Å². The minimum absolute atomic E-state index is 0.0272. The summed E-state index contributed by atoms with van der Waals surface area (Å²) >= 11 is 6.18. The summed E-state index contributed by atoms with van der Waals surface area (Å²) in [5.74, 6) is 0.0762. The zero-order chi connectivity index (χ0) is 21.1. The van der Waals surface area contributed by atoms with E-state index < -0.39 is 6.09 Å². The second-order valence-corrected chi connectivity index (χ2v) is 7.08. The van der Waals surface area contributed by atoms with Crippen LogP contribution in [0.3, 0.4) is 0 Å². The van der Waals surface area contributed by atoms with E-state index in [1.165, 1.54) is 10.6 Å². The molecule has 0 aliphatic rings. The van der Waals surface area contributed by atoms with E-state index in [9.17, 15) is 14.7 Å². The molecule has 2 heterocycles. The number of nitrogens with one attached hydrogen (secondary N) is 1. The van der Waals surface area contributed by atoms with E-state index >= 15 is 0 Å². The standard InChI is InChI=1S/C20H20ClN5O3/c1-4-17(27)23-14-7-5-6-13(8-14)11-25(20(28)29)18-9-16(21)24-19-15(12(2)3)10-22-26(18)19/h4-10,12H,1,11H2,2-3H3,(H,23,27)(H,28,29). The number of amides is 2. The first-order valence-corrected chi connectivity index (χ1v) is 9.25. The molecule has 0 saturated carbocycles. The van der Waals surface area contributed by atoms with E-state index in [0.29, 0.717) is 16.9 Å². The number of hydrogen-bond donors (Lipinski definition) is 2. The van der Waals surface area contributed by atoms with Gasteiger partial charge in [0.1, 0.15) is 11.0 Å². The van der Waals surface area contributed by atoms with Crippen LogP contribution in [0.4, 0.5) is 16.3 Å². The first kappa shape index (κ1) is 20.3. The smallest absolute Gasteiger partial charge is 0.413 e. The van der Waals surface area contributed by atoms with Crippen molar-refractivity contribution in [1.29, 1.82) is 0 Å². The average Bonchev–Trinajstić information content (AvgIpc) is 3.09. The van der Waals surface area contributed by atoms with Crippen molar-refractivity contribution in [1.82, 2.24) is 14.6 Å². The first-order chi connectivity index (χ1) is 13.8. The van der Waals surface area contributed by atoms with Gasteiger partial charge in [0.15, 0.2) is 5.65 Å². The molecule has 8 nitrogen and oxygen atoms in total. The Hall–Kier alpha value is -3.39. The molecule has 0 aliphatic carbocycles. The summed E-state index contributed by atoms with van der Waals surface area (Å²) in [6, 6.07) is 8.36. The van der Waals surface area contributed by atoms with Gasteiger partial charge in [-0.3, -0.25) is 9.69 Å². The van der Waals surface area contributed by atoms with Crippen LogP contribution in [-0.4, -0.2) is 31.7 Å². The van der Waals surface area contributed by atoms with Gasteiger partial charge in [0.2, 0.25) is 5.91 Å². The predicted molar refractivity (Wildman–Crippen MR) is 112 cm³/mol. The van der Waals surface area contributed by atoms with Crippen molar-refractivity contribution >= 4 is 40.8 Å². The number of aromatic nitrogens is 3. The van der Waals surface area contributed by atoms with Crippen LogP contribution in [-0.2, 0) is 11.3 Å². The van der Waals surface area contributed by atoms with E-state index in [1.54, 1.807) is 30.5 Å². The number of halogens is 1. The number of nitrogens with zero attached hydrogens (tertiary/aromatic N) is 4. The predicted octanol–water partition coefficient (Wildman–Crippen LogP) is 4.32. The Labute approximate surface area is 172 Å². The van der Waals surface area contributed by atoms with Gasteiger partial charge in [-0.15, -0.1) is 0 Å². The minimum Gasteiger partial charge on any atom is -0.465 e. The van der Waals surface area contributed by atoms with Gasteiger partial charge in [0.25, 0.3) is 0 Å². The number of fused-ring (bicyclic) bond motifs is 1. The molecule has 1 aromatic carbocycles. The summed E-state index contributed by atoms with van der Waals surface area (Å²) in [6.45, 7) is 7.44. The second-order valence-electron chi connectivity index (χ2n) is 6.69. The number of hydrogen-bond acceptors (Lipinski definition) is 4. The Balaban J connectivity index is 2.02. The maximum Gasteiger partial charge on any atom is 0.413 e. The average molecular weight is 414 g/mol. The molecule has 2 amide bonds. The van der Waals surface area contributed by atoms with Gasteiger partial charge in [-0.1, -0.05) is 44.2 Å². The van der Waals surface area contributed by atoms with Gasteiger partial charge >= 0.3 is 6.09 Å². The fourth-order valence-corrected chi connectivity index (χ4v) is 3.08. The summed E-state index contributed by atoms with van der Waals surface area (Å²) in [6.07, 6.45) is 1.66. The topological polar surface area (TPSA) is 99.8 Å². The van der Waals surface area contributed by atoms with Crippen LogP contribution in [0.1, 0.15) is 30.9 Å². The Bertz CT molecular complexity index is 1090. The van der Waals surface area contributed by atoms with Gasteiger partial charge in [0.05, 0.1) is 12.7 Å². The highest BCUT2D eigenvalue weighted by molar-refractivity contribution is 6.29.